The third-order valence-electron chi connectivity index (χ3n) is 0.967. The molecular formula is C4H5F3N2. The first-order chi connectivity index (χ1) is 4.11. The Morgan fingerprint density at radius 2 is 2.22 bits per heavy atom. The van der Waals surface area contributed by atoms with E-state index in [4.69, 9.17) is 0 Å². The Labute approximate surface area is 49.8 Å². The average Bonchev–Trinajstić information content (AvgIpc) is 2.08. The Hall–Kier alpha value is -0.580. The first-order valence-electron chi connectivity index (χ1n) is 2.42. The van der Waals surface area contributed by atoms with Crippen LogP contribution >= 0.6 is 0 Å². The van der Waals surface area contributed by atoms with Crippen LogP contribution in [0.1, 0.15) is 0 Å². The fraction of sp³-hybridized carbons (Fsp3) is 0.750. The SMILES string of the molecule is FC(F)(F)C1N=CCN1. The molecule has 0 bridgehead atoms. The molecule has 0 aromatic carbocycles. The molecule has 1 heterocycles. The van der Waals surface area contributed by atoms with E-state index in [0.717, 1.165) is 0 Å². The monoisotopic (exact) mass is 138 g/mol. The van der Waals surface area contributed by atoms with Gasteiger partial charge in [-0.15, -0.1) is 0 Å². The molecule has 1 unspecified atom stereocenters. The van der Waals surface area contributed by atoms with Crippen LogP contribution in [0.4, 0.5) is 13.2 Å². The van der Waals surface area contributed by atoms with E-state index in [0.29, 0.717) is 0 Å². The van der Waals surface area contributed by atoms with Crippen molar-refractivity contribution in [3.8, 4) is 0 Å². The van der Waals surface area contributed by atoms with Gasteiger partial charge in [-0.1, -0.05) is 0 Å². The van der Waals surface area contributed by atoms with Gasteiger partial charge in [0.15, 0.2) is 6.17 Å². The molecule has 52 valence electrons. The lowest BCUT2D eigenvalue weighted by Crippen LogP contribution is -2.37. The van der Waals surface area contributed by atoms with Gasteiger partial charge in [0.25, 0.3) is 0 Å². The maximum absolute atomic E-state index is 11.6. The van der Waals surface area contributed by atoms with E-state index in [-0.39, 0.29) is 6.54 Å². The van der Waals surface area contributed by atoms with Gasteiger partial charge in [0.2, 0.25) is 0 Å². The maximum Gasteiger partial charge on any atom is 0.424 e. The van der Waals surface area contributed by atoms with Crippen molar-refractivity contribution in [1.29, 1.82) is 0 Å². The molecule has 1 rings (SSSR count). The molecule has 2 nitrogen and oxygen atoms in total. The summed E-state index contributed by atoms with van der Waals surface area (Å²) in [5.41, 5.74) is 0. The number of hydrogen-bond donors (Lipinski definition) is 1. The van der Waals surface area contributed by atoms with Gasteiger partial charge in [0.05, 0.1) is 0 Å². The summed E-state index contributed by atoms with van der Waals surface area (Å²) in [5, 5.41) is 2.15. The predicted molar refractivity (Wildman–Crippen MR) is 26.3 cm³/mol. The molecule has 1 atom stereocenters. The van der Waals surface area contributed by atoms with Crippen molar-refractivity contribution >= 4 is 6.21 Å². The molecule has 0 fully saturated rings. The van der Waals surface area contributed by atoms with Gasteiger partial charge in [0.1, 0.15) is 0 Å². The van der Waals surface area contributed by atoms with E-state index in [9.17, 15) is 13.2 Å². The van der Waals surface area contributed by atoms with Crippen molar-refractivity contribution in [3.63, 3.8) is 0 Å². The first-order valence-corrected chi connectivity index (χ1v) is 2.42. The summed E-state index contributed by atoms with van der Waals surface area (Å²) in [6, 6.07) is 0. The van der Waals surface area contributed by atoms with Crippen LogP contribution in [-0.4, -0.2) is 25.1 Å². The van der Waals surface area contributed by atoms with Crippen LogP contribution in [0.5, 0.6) is 0 Å². The number of nitrogens with one attached hydrogen (secondary N) is 1. The highest BCUT2D eigenvalue weighted by Crippen LogP contribution is 2.21. The van der Waals surface area contributed by atoms with E-state index < -0.39 is 12.3 Å². The summed E-state index contributed by atoms with van der Waals surface area (Å²) in [5.74, 6) is 0. The lowest BCUT2D eigenvalue weighted by Gasteiger charge is -2.10. The molecular weight excluding hydrogens is 133 g/mol. The summed E-state index contributed by atoms with van der Waals surface area (Å²) in [6.07, 6.45) is -4.68. The minimum atomic E-state index is -4.23. The standard InChI is InChI=1S/C4H5F3N2/c5-4(6,7)3-8-1-2-9-3/h1,3,9H,2H2. The van der Waals surface area contributed by atoms with Crippen molar-refractivity contribution in [2.45, 2.75) is 12.3 Å². The predicted octanol–water partition coefficient (Wildman–Crippen LogP) is 0.549. The summed E-state index contributed by atoms with van der Waals surface area (Å²) >= 11 is 0. The lowest BCUT2D eigenvalue weighted by atomic mass is 10.5. The van der Waals surface area contributed by atoms with Crippen LogP contribution < -0.4 is 5.32 Å². The van der Waals surface area contributed by atoms with Gasteiger partial charge in [-0.05, 0) is 0 Å². The number of rotatable bonds is 0. The second-order valence-electron chi connectivity index (χ2n) is 1.68. The zero-order chi connectivity index (χ0) is 6.91. The molecule has 5 heteroatoms. The molecule has 0 aromatic rings. The highest BCUT2D eigenvalue weighted by molar-refractivity contribution is 5.62. The smallest absolute Gasteiger partial charge is 0.283 e. The molecule has 0 radical (unpaired) electrons. The number of alkyl halides is 3. The Morgan fingerprint density at radius 3 is 2.44 bits per heavy atom. The fourth-order valence-corrected chi connectivity index (χ4v) is 0.575. The van der Waals surface area contributed by atoms with Crippen molar-refractivity contribution in [1.82, 2.24) is 5.32 Å². The van der Waals surface area contributed by atoms with Gasteiger partial charge >= 0.3 is 6.18 Å². The largest absolute Gasteiger partial charge is 0.424 e. The van der Waals surface area contributed by atoms with Gasteiger partial charge in [-0.3, -0.25) is 10.3 Å². The zero-order valence-corrected chi connectivity index (χ0v) is 4.44. The number of aliphatic imine (C=N–C) groups is 1. The quantitative estimate of drug-likeness (QED) is 0.519. The molecule has 0 aromatic heterocycles. The van der Waals surface area contributed by atoms with Crippen molar-refractivity contribution in [2.24, 2.45) is 4.99 Å². The van der Waals surface area contributed by atoms with Gasteiger partial charge in [0, 0.05) is 12.8 Å². The summed E-state index contributed by atoms with van der Waals surface area (Å²) in [6.45, 7) is 0.212. The minimum absolute atomic E-state index is 0.212. The van der Waals surface area contributed by atoms with Crippen molar-refractivity contribution in [2.75, 3.05) is 6.54 Å². The molecule has 1 aliphatic rings. The van der Waals surface area contributed by atoms with Crippen LogP contribution in [0.25, 0.3) is 0 Å². The van der Waals surface area contributed by atoms with E-state index in [1.807, 2.05) is 0 Å². The topological polar surface area (TPSA) is 24.4 Å². The minimum Gasteiger partial charge on any atom is -0.283 e. The lowest BCUT2D eigenvalue weighted by molar-refractivity contribution is -0.151. The summed E-state index contributed by atoms with van der Waals surface area (Å²) < 4.78 is 34.8. The third-order valence-corrected chi connectivity index (χ3v) is 0.967. The van der Waals surface area contributed by atoms with Gasteiger partial charge < -0.3 is 0 Å². The maximum atomic E-state index is 11.6. The molecule has 1 aliphatic heterocycles. The van der Waals surface area contributed by atoms with E-state index in [2.05, 4.69) is 10.3 Å². The Kier molecular flexibility index (Phi) is 1.44. The van der Waals surface area contributed by atoms with E-state index in [1.165, 1.54) is 6.21 Å². The Bertz CT molecular complexity index is 128. The third kappa shape index (κ3) is 1.41. The van der Waals surface area contributed by atoms with Crippen LogP contribution in [0, 0.1) is 0 Å². The number of hydrogen-bond acceptors (Lipinski definition) is 2. The van der Waals surface area contributed by atoms with Crippen LogP contribution in [0.2, 0.25) is 0 Å². The Morgan fingerprint density at radius 1 is 1.56 bits per heavy atom. The summed E-state index contributed by atoms with van der Waals surface area (Å²) in [4.78, 5) is 3.15. The van der Waals surface area contributed by atoms with Crippen LogP contribution in [-0.2, 0) is 0 Å². The number of nitrogens with zero attached hydrogens (tertiary/aromatic N) is 1. The molecule has 1 N–H and O–H groups in total. The van der Waals surface area contributed by atoms with Crippen molar-refractivity contribution in [3.05, 3.63) is 0 Å². The molecule has 0 spiro atoms. The Balaban J connectivity index is 2.53. The molecule has 9 heavy (non-hydrogen) atoms. The zero-order valence-electron chi connectivity index (χ0n) is 4.44. The summed E-state index contributed by atoms with van der Waals surface area (Å²) in [7, 11) is 0. The molecule has 0 amide bonds. The van der Waals surface area contributed by atoms with E-state index >= 15 is 0 Å². The normalized spacial score (nSPS) is 27.2. The second kappa shape index (κ2) is 1.98. The van der Waals surface area contributed by atoms with Crippen molar-refractivity contribution < 1.29 is 13.2 Å². The van der Waals surface area contributed by atoms with Crippen LogP contribution in [0.3, 0.4) is 0 Å². The molecule has 0 saturated carbocycles. The highest BCUT2D eigenvalue weighted by atomic mass is 19.4. The second-order valence-corrected chi connectivity index (χ2v) is 1.68. The van der Waals surface area contributed by atoms with Gasteiger partial charge in [-0.25, -0.2) is 0 Å². The fourth-order valence-electron chi connectivity index (χ4n) is 0.575. The highest BCUT2D eigenvalue weighted by Gasteiger charge is 2.40. The number of halogens is 3. The van der Waals surface area contributed by atoms with Crippen LogP contribution in [0.15, 0.2) is 4.99 Å². The average molecular weight is 138 g/mol. The van der Waals surface area contributed by atoms with Gasteiger partial charge in [-0.2, -0.15) is 13.2 Å². The first kappa shape index (κ1) is 6.54. The van der Waals surface area contributed by atoms with E-state index in [1.54, 1.807) is 0 Å². The molecule has 0 saturated heterocycles. The molecule has 0 aliphatic carbocycles.